The van der Waals surface area contributed by atoms with Gasteiger partial charge in [-0.15, -0.1) is 0 Å². The zero-order valence-electron chi connectivity index (χ0n) is 10.9. The summed E-state index contributed by atoms with van der Waals surface area (Å²) in [5.41, 5.74) is 5.64. The quantitative estimate of drug-likeness (QED) is 0.751. The molecule has 2 saturated heterocycles. The number of thiocarbonyl (C=S) groups is 1. The molecular formula is C12H20N2O3S2. The second kappa shape index (κ2) is 5.75. The average molecular weight is 304 g/mol. The van der Waals surface area contributed by atoms with Crippen molar-refractivity contribution in [3.05, 3.63) is 0 Å². The molecule has 2 rings (SSSR count). The van der Waals surface area contributed by atoms with Gasteiger partial charge in [0.1, 0.15) is 5.25 Å². The first kappa shape index (κ1) is 14.7. The normalized spacial score (nSPS) is 30.8. The van der Waals surface area contributed by atoms with Gasteiger partial charge in [-0.2, -0.15) is 0 Å². The number of likely N-dealkylation sites (tertiary alicyclic amines) is 1. The summed E-state index contributed by atoms with van der Waals surface area (Å²) in [5.74, 6) is -0.0877. The Morgan fingerprint density at radius 2 is 1.95 bits per heavy atom. The molecule has 5 nitrogen and oxygen atoms in total. The largest absolute Gasteiger partial charge is 0.393 e. The van der Waals surface area contributed by atoms with E-state index in [9.17, 15) is 13.2 Å². The lowest BCUT2D eigenvalue weighted by molar-refractivity contribution is -0.132. The highest BCUT2D eigenvalue weighted by Crippen LogP contribution is 2.24. The van der Waals surface area contributed by atoms with Gasteiger partial charge in [-0.05, 0) is 25.7 Å². The van der Waals surface area contributed by atoms with Crippen molar-refractivity contribution in [2.45, 2.75) is 37.4 Å². The highest BCUT2D eigenvalue weighted by atomic mass is 32.2. The smallest absolute Gasteiger partial charge is 0.240 e. The van der Waals surface area contributed by atoms with Crippen LogP contribution in [-0.4, -0.2) is 48.3 Å². The molecule has 0 aromatic rings. The monoisotopic (exact) mass is 304 g/mol. The van der Waals surface area contributed by atoms with E-state index in [4.69, 9.17) is 18.0 Å². The summed E-state index contributed by atoms with van der Waals surface area (Å²) in [6, 6.07) is 0. The summed E-state index contributed by atoms with van der Waals surface area (Å²) >= 11 is 4.98. The number of sulfone groups is 1. The molecule has 0 aromatic carbocycles. The molecule has 0 bridgehead atoms. The molecule has 2 atom stereocenters. The van der Waals surface area contributed by atoms with E-state index in [1.807, 2.05) is 0 Å². The number of amides is 1. The van der Waals surface area contributed by atoms with Gasteiger partial charge in [0.15, 0.2) is 9.84 Å². The summed E-state index contributed by atoms with van der Waals surface area (Å²) in [4.78, 5) is 14.5. The predicted octanol–water partition coefficient (Wildman–Crippen LogP) is 0.478. The Hall–Kier alpha value is -0.690. The number of hydrogen-bond donors (Lipinski definition) is 1. The molecule has 2 unspecified atom stereocenters. The van der Waals surface area contributed by atoms with Gasteiger partial charge in [-0.3, -0.25) is 4.79 Å². The van der Waals surface area contributed by atoms with Crippen LogP contribution in [0.15, 0.2) is 0 Å². The van der Waals surface area contributed by atoms with E-state index in [0.717, 1.165) is 19.3 Å². The zero-order chi connectivity index (χ0) is 14.0. The maximum Gasteiger partial charge on any atom is 0.240 e. The molecule has 19 heavy (non-hydrogen) atoms. The highest BCUT2D eigenvalue weighted by Gasteiger charge is 2.38. The second-order valence-corrected chi connectivity index (χ2v) is 8.15. The Morgan fingerprint density at radius 1 is 1.21 bits per heavy atom. The zero-order valence-corrected chi connectivity index (χ0v) is 12.5. The van der Waals surface area contributed by atoms with Crippen LogP contribution in [0.3, 0.4) is 0 Å². The number of hydrogen-bond acceptors (Lipinski definition) is 4. The maximum atomic E-state index is 12.4. The molecule has 2 aliphatic heterocycles. The number of nitrogens with two attached hydrogens (primary N) is 1. The average Bonchev–Trinajstić information content (AvgIpc) is 2.37. The van der Waals surface area contributed by atoms with Gasteiger partial charge in [0, 0.05) is 19.0 Å². The lowest BCUT2D eigenvalue weighted by Gasteiger charge is -2.35. The third kappa shape index (κ3) is 3.25. The fraction of sp³-hybridized carbons (Fsp3) is 0.833. The van der Waals surface area contributed by atoms with E-state index in [-0.39, 0.29) is 17.6 Å². The van der Waals surface area contributed by atoms with Crippen LogP contribution in [0.25, 0.3) is 0 Å². The Kier molecular flexibility index (Phi) is 4.45. The standard InChI is InChI=1S/C12H20N2O3S2/c13-11(18)9-4-3-6-14(8-9)12(15)10-5-1-2-7-19(10,16)17/h9-10H,1-8H2,(H2,13,18). The SMILES string of the molecule is NC(=S)C1CCCN(C(=O)C2CCCCS2(=O)=O)C1. The van der Waals surface area contributed by atoms with Gasteiger partial charge in [-0.25, -0.2) is 8.42 Å². The van der Waals surface area contributed by atoms with E-state index < -0.39 is 15.1 Å². The maximum absolute atomic E-state index is 12.4. The molecule has 2 heterocycles. The third-order valence-electron chi connectivity index (χ3n) is 3.99. The van der Waals surface area contributed by atoms with E-state index in [0.29, 0.717) is 30.9 Å². The second-order valence-electron chi connectivity index (χ2n) is 5.38. The molecule has 2 fully saturated rings. The van der Waals surface area contributed by atoms with Crippen molar-refractivity contribution in [2.24, 2.45) is 11.7 Å². The minimum absolute atomic E-state index is 0.0268. The molecule has 7 heteroatoms. The van der Waals surface area contributed by atoms with Crippen molar-refractivity contribution in [3.8, 4) is 0 Å². The molecule has 0 spiro atoms. The van der Waals surface area contributed by atoms with Crippen molar-refractivity contribution < 1.29 is 13.2 Å². The lowest BCUT2D eigenvalue weighted by atomic mass is 9.97. The van der Waals surface area contributed by atoms with Crippen molar-refractivity contribution in [2.75, 3.05) is 18.8 Å². The summed E-state index contributed by atoms with van der Waals surface area (Å²) < 4.78 is 24.0. The lowest BCUT2D eigenvalue weighted by Crippen LogP contribution is -2.50. The molecular weight excluding hydrogens is 284 g/mol. The fourth-order valence-electron chi connectivity index (χ4n) is 2.85. The first-order chi connectivity index (χ1) is 8.92. The van der Waals surface area contributed by atoms with E-state index in [1.54, 1.807) is 4.90 Å². The van der Waals surface area contributed by atoms with E-state index in [1.165, 1.54) is 0 Å². The summed E-state index contributed by atoms with van der Waals surface area (Å²) in [7, 11) is -3.27. The Labute approximate surface area is 119 Å². The van der Waals surface area contributed by atoms with Crippen molar-refractivity contribution in [1.29, 1.82) is 0 Å². The van der Waals surface area contributed by atoms with E-state index in [2.05, 4.69) is 0 Å². The van der Waals surface area contributed by atoms with Crippen molar-refractivity contribution >= 4 is 33.0 Å². The number of nitrogens with zero attached hydrogens (tertiary/aromatic N) is 1. The predicted molar refractivity (Wildman–Crippen MR) is 77.5 cm³/mol. The first-order valence-electron chi connectivity index (χ1n) is 6.71. The molecule has 0 saturated carbocycles. The summed E-state index contributed by atoms with van der Waals surface area (Å²) in [6.45, 7) is 1.09. The Balaban J connectivity index is 2.08. The van der Waals surface area contributed by atoms with Gasteiger partial charge < -0.3 is 10.6 Å². The molecule has 0 aromatic heterocycles. The number of piperidine rings is 1. The molecule has 2 aliphatic rings. The van der Waals surface area contributed by atoms with E-state index >= 15 is 0 Å². The molecule has 2 N–H and O–H groups in total. The minimum atomic E-state index is -3.27. The van der Waals surface area contributed by atoms with Crippen LogP contribution in [0.5, 0.6) is 0 Å². The van der Waals surface area contributed by atoms with Crippen LogP contribution in [0.1, 0.15) is 32.1 Å². The van der Waals surface area contributed by atoms with Crippen LogP contribution < -0.4 is 5.73 Å². The highest BCUT2D eigenvalue weighted by molar-refractivity contribution is 7.92. The van der Waals surface area contributed by atoms with Crippen molar-refractivity contribution in [1.82, 2.24) is 4.90 Å². The Morgan fingerprint density at radius 3 is 2.58 bits per heavy atom. The van der Waals surface area contributed by atoms with Gasteiger partial charge in [0.05, 0.1) is 10.7 Å². The number of carbonyl (C=O) groups excluding carboxylic acids is 1. The Bertz CT molecular complexity index is 475. The van der Waals surface area contributed by atoms with Crippen LogP contribution in [0, 0.1) is 5.92 Å². The van der Waals surface area contributed by atoms with Crippen molar-refractivity contribution in [3.63, 3.8) is 0 Å². The van der Waals surface area contributed by atoms with Crippen LogP contribution >= 0.6 is 12.2 Å². The molecule has 1 amide bonds. The van der Waals surface area contributed by atoms with Gasteiger partial charge in [0.25, 0.3) is 0 Å². The summed E-state index contributed by atoms with van der Waals surface area (Å²) in [5, 5.41) is -0.841. The molecule has 0 radical (unpaired) electrons. The first-order valence-corrected chi connectivity index (χ1v) is 8.84. The fourth-order valence-corrected chi connectivity index (χ4v) is 4.91. The summed E-state index contributed by atoms with van der Waals surface area (Å²) in [6.07, 6.45) is 3.65. The number of carbonyl (C=O) groups is 1. The van der Waals surface area contributed by atoms with Gasteiger partial charge in [-0.1, -0.05) is 18.6 Å². The molecule has 108 valence electrons. The third-order valence-corrected chi connectivity index (χ3v) is 6.48. The van der Waals surface area contributed by atoms with Crippen LogP contribution in [0.4, 0.5) is 0 Å². The van der Waals surface area contributed by atoms with Gasteiger partial charge in [0.2, 0.25) is 5.91 Å². The molecule has 0 aliphatic carbocycles. The minimum Gasteiger partial charge on any atom is -0.393 e. The van der Waals surface area contributed by atoms with Crippen LogP contribution in [-0.2, 0) is 14.6 Å². The number of rotatable bonds is 2. The van der Waals surface area contributed by atoms with Crippen LogP contribution in [0.2, 0.25) is 0 Å². The topological polar surface area (TPSA) is 80.5 Å². The van der Waals surface area contributed by atoms with Gasteiger partial charge >= 0.3 is 0 Å².